The van der Waals surface area contributed by atoms with Crippen molar-refractivity contribution in [3.8, 4) is 0 Å². The first-order chi connectivity index (χ1) is 9.38. The summed E-state index contributed by atoms with van der Waals surface area (Å²) in [4.78, 5) is 4.04. The highest BCUT2D eigenvalue weighted by atomic mass is 35.5. The van der Waals surface area contributed by atoms with E-state index in [2.05, 4.69) is 15.7 Å². The van der Waals surface area contributed by atoms with Crippen molar-refractivity contribution in [3.05, 3.63) is 28.8 Å². The van der Waals surface area contributed by atoms with Crippen molar-refractivity contribution < 1.29 is 13.2 Å². The van der Waals surface area contributed by atoms with Crippen molar-refractivity contribution in [1.29, 1.82) is 0 Å². The van der Waals surface area contributed by atoms with Gasteiger partial charge < -0.3 is 5.32 Å². The molecular weight excluding hydrogens is 293 g/mol. The zero-order valence-electron chi connectivity index (χ0n) is 10.9. The Kier molecular flexibility index (Phi) is 6.09. The number of anilines is 1. The molecule has 0 bridgehead atoms. The van der Waals surface area contributed by atoms with E-state index in [-0.39, 0.29) is 16.7 Å². The van der Waals surface area contributed by atoms with Gasteiger partial charge in [-0.1, -0.05) is 24.9 Å². The molecule has 8 heteroatoms. The Hall–Kier alpha value is -1.47. The van der Waals surface area contributed by atoms with Gasteiger partial charge in [0.2, 0.25) is 5.96 Å². The van der Waals surface area contributed by atoms with Gasteiger partial charge in [-0.05, 0) is 24.6 Å². The topological polar surface area (TPSA) is 62.4 Å². The van der Waals surface area contributed by atoms with Crippen LogP contribution in [-0.2, 0) is 6.18 Å². The normalized spacial score (nSPS) is 12.4. The number of unbranched alkanes of at least 4 members (excludes halogenated alkanes) is 1. The summed E-state index contributed by atoms with van der Waals surface area (Å²) in [5.74, 6) is 5.32. The van der Waals surface area contributed by atoms with Gasteiger partial charge >= 0.3 is 6.18 Å². The van der Waals surface area contributed by atoms with E-state index in [1.54, 1.807) is 0 Å². The lowest BCUT2D eigenvalue weighted by Crippen LogP contribution is -2.37. The van der Waals surface area contributed by atoms with Crippen LogP contribution in [0.15, 0.2) is 23.2 Å². The molecule has 4 N–H and O–H groups in total. The van der Waals surface area contributed by atoms with Gasteiger partial charge in [0.1, 0.15) is 0 Å². The zero-order valence-corrected chi connectivity index (χ0v) is 11.6. The lowest BCUT2D eigenvalue weighted by atomic mass is 10.1. The molecule has 20 heavy (non-hydrogen) atoms. The summed E-state index contributed by atoms with van der Waals surface area (Å²) in [5, 5.41) is 2.53. The predicted molar refractivity (Wildman–Crippen MR) is 74.6 cm³/mol. The minimum absolute atomic E-state index is 0.00746. The van der Waals surface area contributed by atoms with E-state index in [4.69, 9.17) is 17.4 Å². The van der Waals surface area contributed by atoms with E-state index in [0.29, 0.717) is 6.54 Å². The Morgan fingerprint density at radius 1 is 1.40 bits per heavy atom. The molecule has 1 rings (SSSR count). The van der Waals surface area contributed by atoms with Crippen LogP contribution in [0.1, 0.15) is 25.3 Å². The molecule has 0 atom stereocenters. The number of halogens is 4. The second-order valence-electron chi connectivity index (χ2n) is 4.04. The zero-order chi connectivity index (χ0) is 15.2. The van der Waals surface area contributed by atoms with Crippen molar-refractivity contribution in [2.75, 3.05) is 11.9 Å². The minimum atomic E-state index is -4.52. The Balaban J connectivity index is 2.98. The summed E-state index contributed by atoms with van der Waals surface area (Å²) in [6.45, 7) is 2.46. The second kappa shape index (κ2) is 7.35. The third-order valence-electron chi connectivity index (χ3n) is 2.46. The number of guanidine groups is 1. The van der Waals surface area contributed by atoms with Crippen molar-refractivity contribution in [2.24, 2.45) is 10.8 Å². The summed E-state index contributed by atoms with van der Waals surface area (Å²) >= 11 is 5.60. The maximum Gasteiger partial charge on any atom is 0.418 e. The van der Waals surface area contributed by atoms with Crippen LogP contribution in [0.3, 0.4) is 0 Å². The van der Waals surface area contributed by atoms with E-state index in [0.717, 1.165) is 18.9 Å². The maximum atomic E-state index is 12.9. The molecule has 1 aromatic carbocycles. The van der Waals surface area contributed by atoms with Gasteiger partial charge in [0.15, 0.2) is 0 Å². The van der Waals surface area contributed by atoms with Gasteiger partial charge in [-0.3, -0.25) is 10.4 Å². The second-order valence-corrected chi connectivity index (χ2v) is 4.48. The lowest BCUT2D eigenvalue weighted by Gasteiger charge is -2.15. The molecule has 0 spiro atoms. The monoisotopic (exact) mass is 308 g/mol. The molecule has 0 saturated carbocycles. The van der Waals surface area contributed by atoms with Crippen LogP contribution in [0.25, 0.3) is 0 Å². The Labute approximate surface area is 120 Å². The van der Waals surface area contributed by atoms with Crippen molar-refractivity contribution in [3.63, 3.8) is 0 Å². The number of rotatable bonds is 4. The molecule has 0 fully saturated rings. The largest absolute Gasteiger partial charge is 0.418 e. The van der Waals surface area contributed by atoms with Gasteiger partial charge in [0, 0.05) is 11.6 Å². The Bertz CT molecular complexity index is 474. The van der Waals surface area contributed by atoms with Crippen LogP contribution in [0, 0.1) is 0 Å². The molecular formula is C12H16ClF3N4. The average Bonchev–Trinajstić information content (AvgIpc) is 2.38. The summed E-state index contributed by atoms with van der Waals surface area (Å²) in [6, 6.07) is 3.45. The van der Waals surface area contributed by atoms with Gasteiger partial charge in [-0.15, -0.1) is 0 Å². The van der Waals surface area contributed by atoms with Gasteiger partial charge in [-0.25, -0.2) is 5.84 Å². The highest BCUT2D eigenvalue weighted by Crippen LogP contribution is 2.36. The molecule has 0 saturated heterocycles. The smallest absolute Gasteiger partial charge is 0.325 e. The number of benzene rings is 1. The Morgan fingerprint density at radius 3 is 2.65 bits per heavy atom. The lowest BCUT2D eigenvalue weighted by molar-refractivity contribution is -0.136. The summed E-state index contributed by atoms with van der Waals surface area (Å²) < 4.78 is 38.7. The fourth-order valence-corrected chi connectivity index (χ4v) is 1.63. The van der Waals surface area contributed by atoms with Crippen LogP contribution in [0.5, 0.6) is 0 Å². The SMILES string of the molecule is CCCCN=C(NN)Nc1ccc(Cl)cc1C(F)(F)F. The molecule has 0 radical (unpaired) electrons. The van der Waals surface area contributed by atoms with E-state index in [1.165, 1.54) is 12.1 Å². The summed E-state index contributed by atoms with van der Waals surface area (Å²) in [6.07, 6.45) is -2.77. The van der Waals surface area contributed by atoms with Crippen LogP contribution < -0.4 is 16.6 Å². The quantitative estimate of drug-likeness (QED) is 0.263. The molecule has 0 unspecified atom stereocenters. The predicted octanol–water partition coefficient (Wildman–Crippen LogP) is 3.39. The van der Waals surface area contributed by atoms with Crippen molar-refractivity contribution in [2.45, 2.75) is 25.9 Å². The fourth-order valence-electron chi connectivity index (χ4n) is 1.46. The highest BCUT2D eigenvalue weighted by molar-refractivity contribution is 6.30. The summed E-state index contributed by atoms with van der Waals surface area (Å²) in [5.41, 5.74) is 1.21. The number of hydrogen-bond donors (Lipinski definition) is 3. The highest BCUT2D eigenvalue weighted by Gasteiger charge is 2.34. The molecule has 4 nitrogen and oxygen atoms in total. The van der Waals surface area contributed by atoms with E-state index in [9.17, 15) is 13.2 Å². The minimum Gasteiger partial charge on any atom is -0.325 e. The molecule has 0 heterocycles. The first kappa shape index (κ1) is 16.6. The number of hydrogen-bond acceptors (Lipinski definition) is 2. The van der Waals surface area contributed by atoms with Gasteiger partial charge in [0.25, 0.3) is 0 Å². The van der Waals surface area contributed by atoms with Gasteiger partial charge in [0.05, 0.1) is 11.3 Å². The average molecular weight is 309 g/mol. The van der Waals surface area contributed by atoms with Crippen LogP contribution in [0.2, 0.25) is 5.02 Å². The molecule has 0 aromatic heterocycles. The van der Waals surface area contributed by atoms with E-state index < -0.39 is 11.7 Å². The maximum absolute atomic E-state index is 12.9. The third-order valence-corrected chi connectivity index (χ3v) is 2.69. The molecule has 1 aromatic rings. The summed E-state index contributed by atoms with van der Waals surface area (Å²) in [7, 11) is 0. The molecule has 112 valence electrons. The first-order valence-electron chi connectivity index (χ1n) is 6.03. The number of hydrazine groups is 1. The first-order valence-corrected chi connectivity index (χ1v) is 6.41. The van der Waals surface area contributed by atoms with Crippen LogP contribution >= 0.6 is 11.6 Å². The molecule has 0 aliphatic heterocycles. The van der Waals surface area contributed by atoms with Crippen molar-refractivity contribution in [1.82, 2.24) is 5.43 Å². The Morgan fingerprint density at radius 2 is 2.10 bits per heavy atom. The molecule has 0 aliphatic carbocycles. The number of nitrogens with one attached hydrogen (secondary N) is 2. The van der Waals surface area contributed by atoms with E-state index >= 15 is 0 Å². The number of nitrogens with two attached hydrogens (primary N) is 1. The van der Waals surface area contributed by atoms with Gasteiger partial charge in [-0.2, -0.15) is 13.2 Å². The standard InChI is InChI=1S/C12H16ClF3N4/c1-2-3-6-18-11(20-17)19-10-5-4-8(13)7-9(10)12(14,15)16/h4-5,7H,2-3,6,17H2,1H3,(H2,18,19,20). The molecule has 0 aliphatic rings. The fraction of sp³-hybridized carbons (Fsp3) is 0.417. The number of nitrogens with zero attached hydrogens (tertiary/aromatic N) is 1. The van der Waals surface area contributed by atoms with Crippen LogP contribution in [-0.4, -0.2) is 12.5 Å². The third kappa shape index (κ3) is 4.90. The molecule has 0 amide bonds. The number of alkyl halides is 3. The van der Waals surface area contributed by atoms with Crippen LogP contribution in [0.4, 0.5) is 18.9 Å². The number of aliphatic imine (C=N–C) groups is 1. The van der Waals surface area contributed by atoms with E-state index in [1.807, 2.05) is 6.92 Å². The van der Waals surface area contributed by atoms with Crippen molar-refractivity contribution >= 4 is 23.2 Å².